The first kappa shape index (κ1) is 28.3. The van der Waals surface area contributed by atoms with E-state index in [0.717, 1.165) is 4.31 Å². The molecule has 1 atom stereocenters. The van der Waals surface area contributed by atoms with E-state index in [2.05, 4.69) is 5.32 Å². The Bertz CT molecular complexity index is 1370. The van der Waals surface area contributed by atoms with E-state index >= 15 is 0 Å². The fourth-order valence-corrected chi connectivity index (χ4v) is 5.53. The predicted octanol–water partition coefficient (Wildman–Crippen LogP) is 4.36. The molecule has 8 nitrogen and oxygen atoms in total. The molecule has 37 heavy (non-hydrogen) atoms. The highest BCUT2D eigenvalue weighted by molar-refractivity contribution is 7.92. The largest absolute Gasteiger partial charge is 0.495 e. The number of hydrogen-bond donors (Lipinski definition) is 1. The lowest BCUT2D eigenvalue weighted by Crippen LogP contribution is -2.50. The summed E-state index contributed by atoms with van der Waals surface area (Å²) in [5.41, 5.74) is 0.770. The van der Waals surface area contributed by atoms with Crippen molar-refractivity contribution in [1.29, 1.82) is 0 Å². The van der Waals surface area contributed by atoms with Crippen LogP contribution in [-0.2, 0) is 26.2 Å². The third-order valence-electron chi connectivity index (χ3n) is 5.75. The topological polar surface area (TPSA) is 96.0 Å². The number of carbonyl (C=O) groups is 2. The van der Waals surface area contributed by atoms with Crippen molar-refractivity contribution in [3.63, 3.8) is 0 Å². The van der Waals surface area contributed by atoms with Crippen molar-refractivity contribution < 1.29 is 22.7 Å². The van der Waals surface area contributed by atoms with Gasteiger partial charge in [-0.2, -0.15) is 0 Å². The minimum Gasteiger partial charge on any atom is -0.495 e. The van der Waals surface area contributed by atoms with E-state index < -0.39 is 34.4 Å². The van der Waals surface area contributed by atoms with Crippen LogP contribution in [0.5, 0.6) is 5.75 Å². The summed E-state index contributed by atoms with van der Waals surface area (Å²) in [6, 6.07) is 18.2. The average Bonchev–Trinajstić information content (AvgIpc) is 2.90. The summed E-state index contributed by atoms with van der Waals surface area (Å²) in [6.07, 6.45) is 0. The average molecular weight is 564 g/mol. The molecule has 196 valence electrons. The summed E-state index contributed by atoms with van der Waals surface area (Å²) in [5.74, 6) is -0.671. The van der Waals surface area contributed by atoms with Crippen LogP contribution in [0.2, 0.25) is 10.0 Å². The van der Waals surface area contributed by atoms with Gasteiger partial charge in [-0.25, -0.2) is 8.42 Å². The highest BCUT2D eigenvalue weighted by atomic mass is 35.5. The van der Waals surface area contributed by atoms with Crippen LogP contribution in [0, 0.1) is 0 Å². The van der Waals surface area contributed by atoms with Crippen LogP contribution in [0.25, 0.3) is 0 Å². The van der Waals surface area contributed by atoms with Crippen LogP contribution >= 0.6 is 23.2 Å². The van der Waals surface area contributed by atoms with Crippen LogP contribution in [0.1, 0.15) is 12.5 Å². The molecule has 0 aliphatic carbocycles. The molecule has 0 radical (unpaired) electrons. The van der Waals surface area contributed by atoms with Crippen molar-refractivity contribution in [2.24, 2.45) is 0 Å². The van der Waals surface area contributed by atoms with Gasteiger partial charge in [-0.15, -0.1) is 0 Å². The number of nitrogens with one attached hydrogen (secondary N) is 1. The van der Waals surface area contributed by atoms with Crippen molar-refractivity contribution in [1.82, 2.24) is 10.2 Å². The molecule has 3 rings (SSSR count). The summed E-state index contributed by atoms with van der Waals surface area (Å²) < 4.78 is 33.6. The number of amides is 2. The van der Waals surface area contributed by atoms with Crippen molar-refractivity contribution in [3.05, 3.63) is 88.4 Å². The Labute approximate surface area is 226 Å². The fraction of sp³-hybridized carbons (Fsp3) is 0.231. The third kappa shape index (κ3) is 6.54. The first-order chi connectivity index (χ1) is 17.6. The molecule has 0 fully saturated rings. The lowest BCUT2D eigenvalue weighted by Gasteiger charge is -2.32. The minimum atomic E-state index is -4.19. The van der Waals surface area contributed by atoms with Gasteiger partial charge in [0, 0.05) is 18.6 Å². The second-order valence-corrected chi connectivity index (χ2v) is 10.7. The van der Waals surface area contributed by atoms with Gasteiger partial charge in [-0.05, 0) is 48.9 Å². The number of nitrogens with zero attached hydrogens (tertiary/aromatic N) is 2. The fourth-order valence-electron chi connectivity index (χ4n) is 3.66. The second-order valence-electron chi connectivity index (χ2n) is 8.05. The molecular weight excluding hydrogens is 537 g/mol. The molecule has 3 aromatic carbocycles. The first-order valence-electron chi connectivity index (χ1n) is 11.3. The van der Waals surface area contributed by atoms with Gasteiger partial charge in [0.1, 0.15) is 18.3 Å². The third-order valence-corrected chi connectivity index (χ3v) is 8.20. The molecule has 11 heteroatoms. The Morgan fingerprint density at radius 1 is 0.973 bits per heavy atom. The Balaban J connectivity index is 2.07. The highest BCUT2D eigenvalue weighted by Crippen LogP contribution is 2.32. The zero-order valence-corrected chi connectivity index (χ0v) is 22.8. The van der Waals surface area contributed by atoms with E-state index in [4.69, 9.17) is 27.9 Å². The van der Waals surface area contributed by atoms with Gasteiger partial charge in [0.15, 0.2) is 0 Å². The van der Waals surface area contributed by atoms with Crippen LogP contribution < -0.4 is 14.4 Å². The van der Waals surface area contributed by atoms with E-state index in [1.54, 1.807) is 49.4 Å². The quantitative estimate of drug-likeness (QED) is 0.395. The first-order valence-corrected chi connectivity index (χ1v) is 13.5. The maximum atomic E-state index is 13.7. The van der Waals surface area contributed by atoms with Crippen molar-refractivity contribution in [2.45, 2.75) is 24.4 Å². The Morgan fingerprint density at radius 3 is 2.22 bits per heavy atom. The summed E-state index contributed by atoms with van der Waals surface area (Å²) in [6.45, 7) is 0.967. The number of likely N-dealkylation sites (N-methyl/N-ethyl adjacent to an activating group) is 1. The molecule has 1 N–H and O–H groups in total. The Kier molecular flexibility index (Phi) is 9.42. The molecule has 0 aromatic heterocycles. The zero-order valence-electron chi connectivity index (χ0n) is 20.5. The van der Waals surface area contributed by atoms with Gasteiger partial charge in [0.25, 0.3) is 10.0 Å². The number of benzene rings is 3. The Morgan fingerprint density at radius 2 is 1.62 bits per heavy atom. The van der Waals surface area contributed by atoms with Gasteiger partial charge in [0.2, 0.25) is 11.8 Å². The maximum Gasteiger partial charge on any atom is 0.264 e. The lowest BCUT2D eigenvalue weighted by molar-refractivity contribution is -0.139. The monoisotopic (exact) mass is 563 g/mol. The van der Waals surface area contributed by atoms with E-state index in [9.17, 15) is 18.0 Å². The van der Waals surface area contributed by atoms with E-state index in [1.807, 2.05) is 0 Å². The lowest BCUT2D eigenvalue weighted by atomic mass is 10.1. The van der Waals surface area contributed by atoms with Gasteiger partial charge in [-0.3, -0.25) is 13.9 Å². The van der Waals surface area contributed by atoms with Crippen molar-refractivity contribution in [3.8, 4) is 5.75 Å². The van der Waals surface area contributed by atoms with Crippen LogP contribution in [0.3, 0.4) is 0 Å². The second kappa shape index (κ2) is 12.3. The normalized spacial score (nSPS) is 11.9. The summed E-state index contributed by atoms with van der Waals surface area (Å²) in [5, 5.41) is 3.12. The van der Waals surface area contributed by atoms with Gasteiger partial charge in [0.05, 0.1) is 22.7 Å². The molecule has 0 heterocycles. The van der Waals surface area contributed by atoms with Crippen molar-refractivity contribution in [2.75, 3.05) is 25.0 Å². The molecule has 0 aliphatic rings. The van der Waals surface area contributed by atoms with Gasteiger partial charge < -0.3 is 15.0 Å². The molecular formula is C26H27Cl2N3O5S. The molecule has 2 amide bonds. The number of carbonyl (C=O) groups excluding carboxylic acids is 2. The molecule has 0 saturated heterocycles. The van der Waals surface area contributed by atoms with E-state index in [-0.39, 0.29) is 22.2 Å². The minimum absolute atomic E-state index is 0.00428. The highest BCUT2D eigenvalue weighted by Gasteiger charge is 2.32. The van der Waals surface area contributed by atoms with E-state index in [1.165, 1.54) is 49.4 Å². The number of sulfonamides is 1. The summed E-state index contributed by atoms with van der Waals surface area (Å²) in [4.78, 5) is 27.5. The van der Waals surface area contributed by atoms with E-state index in [0.29, 0.717) is 16.3 Å². The number of anilines is 1. The van der Waals surface area contributed by atoms with Crippen LogP contribution in [0.4, 0.5) is 5.69 Å². The predicted molar refractivity (Wildman–Crippen MR) is 145 cm³/mol. The Hall–Kier alpha value is -3.27. The van der Waals surface area contributed by atoms with Gasteiger partial charge in [-0.1, -0.05) is 59.6 Å². The molecule has 0 unspecified atom stereocenters. The van der Waals surface area contributed by atoms with Crippen LogP contribution in [0.15, 0.2) is 77.7 Å². The summed E-state index contributed by atoms with van der Waals surface area (Å²) >= 11 is 12.6. The molecule has 0 spiro atoms. The molecule has 0 bridgehead atoms. The molecule has 0 saturated carbocycles. The van der Waals surface area contributed by atoms with Gasteiger partial charge >= 0.3 is 0 Å². The number of ether oxygens (including phenoxy) is 1. The van der Waals surface area contributed by atoms with Crippen LogP contribution in [-0.4, -0.2) is 51.9 Å². The van der Waals surface area contributed by atoms with Crippen molar-refractivity contribution >= 4 is 50.7 Å². The number of rotatable bonds is 10. The number of hydrogen-bond acceptors (Lipinski definition) is 5. The zero-order chi connectivity index (χ0) is 27.2. The smallest absolute Gasteiger partial charge is 0.264 e. The standard InChI is InChI=1S/C26H27Cl2N3O5S/c1-18(26(33)29-2)30(16-19-9-7-8-12-22(19)27)25(32)17-31(20-13-14-24(36-3)23(28)15-20)37(34,35)21-10-5-4-6-11-21/h4-15,18H,16-17H2,1-3H3,(H,29,33)/t18-/m0/s1. The maximum absolute atomic E-state index is 13.7. The molecule has 3 aromatic rings. The number of halogens is 2. The number of methoxy groups -OCH3 is 1. The SMILES string of the molecule is CNC(=O)[C@H](C)N(Cc1ccccc1Cl)C(=O)CN(c1ccc(OC)c(Cl)c1)S(=O)(=O)c1ccccc1. The summed E-state index contributed by atoms with van der Waals surface area (Å²) in [7, 11) is -1.29. The molecule has 0 aliphatic heterocycles.